The SMILES string of the molecule is CCNCc1nnc(Nc2ccc(F)cc2F)o1. The van der Waals surface area contributed by atoms with Gasteiger partial charge in [-0.15, -0.1) is 5.10 Å². The van der Waals surface area contributed by atoms with E-state index in [9.17, 15) is 8.78 Å². The van der Waals surface area contributed by atoms with Crippen molar-refractivity contribution in [3.8, 4) is 0 Å². The number of aromatic nitrogens is 2. The average molecular weight is 254 g/mol. The first-order valence-corrected chi connectivity index (χ1v) is 5.44. The molecule has 0 aliphatic carbocycles. The second-order valence-electron chi connectivity index (χ2n) is 3.53. The molecular weight excluding hydrogens is 242 g/mol. The predicted molar refractivity (Wildman–Crippen MR) is 61.3 cm³/mol. The van der Waals surface area contributed by atoms with Gasteiger partial charge in [0.1, 0.15) is 11.6 Å². The molecule has 0 radical (unpaired) electrons. The van der Waals surface area contributed by atoms with E-state index >= 15 is 0 Å². The molecule has 0 saturated carbocycles. The predicted octanol–water partition coefficient (Wildman–Crippen LogP) is 2.20. The lowest BCUT2D eigenvalue weighted by Gasteiger charge is -2.02. The van der Waals surface area contributed by atoms with Crippen molar-refractivity contribution in [1.82, 2.24) is 15.5 Å². The van der Waals surface area contributed by atoms with E-state index in [4.69, 9.17) is 4.42 Å². The van der Waals surface area contributed by atoms with Crippen LogP contribution in [0.2, 0.25) is 0 Å². The standard InChI is InChI=1S/C11H12F2N4O/c1-2-14-6-10-16-17-11(18-10)15-9-4-3-7(12)5-8(9)13/h3-5,14H,2,6H2,1H3,(H,15,17). The maximum absolute atomic E-state index is 13.3. The van der Waals surface area contributed by atoms with Crippen LogP contribution in [0.15, 0.2) is 22.6 Å². The molecule has 0 fully saturated rings. The van der Waals surface area contributed by atoms with Gasteiger partial charge in [-0.25, -0.2) is 8.78 Å². The van der Waals surface area contributed by atoms with E-state index in [1.165, 1.54) is 6.07 Å². The fourth-order valence-corrected chi connectivity index (χ4v) is 1.31. The van der Waals surface area contributed by atoms with E-state index in [0.29, 0.717) is 12.4 Å². The van der Waals surface area contributed by atoms with Crippen LogP contribution in [0.3, 0.4) is 0 Å². The molecule has 0 atom stereocenters. The Kier molecular flexibility index (Phi) is 3.83. The normalized spacial score (nSPS) is 10.6. The summed E-state index contributed by atoms with van der Waals surface area (Å²) in [5.41, 5.74) is 0.0788. The van der Waals surface area contributed by atoms with Crippen molar-refractivity contribution in [3.05, 3.63) is 35.7 Å². The van der Waals surface area contributed by atoms with Crippen LogP contribution in [0.25, 0.3) is 0 Å². The van der Waals surface area contributed by atoms with Crippen LogP contribution in [0.1, 0.15) is 12.8 Å². The van der Waals surface area contributed by atoms with Gasteiger partial charge in [0.2, 0.25) is 5.89 Å². The molecule has 2 aromatic rings. The summed E-state index contributed by atoms with van der Waals surface area (Å²) in [5.74, 6) is -0.972. The van der Waals surface area contributed by atoms with Gasteiger partial charge in [0.15, 0.2) is 0 Å². The number of nitrogens with one attached hydrogen (secondary N) is 2. The smallest absolute Gasteiger partial charge is 0.320 e. The average Bonchev–Trinajstić information content (AvgIpc) is 2.78. The zero-order valence-electron chi connectivity index (χ0n) is 9.70. The van der Waals surface area contributed by atoms with Crippen LogP contribution in [-0.2, 0) is 6.54 Å². The van der Waals surface area contributed by atoms with E-state index in [1.807, 2.05) is 6.92 Å². The maximum atomic E-state index is 13.3. The summed E-state index contributed by atoms with van der Waals surface area (Å²) < 4.78 is 31.3. The van der Waals surface area contributed by atoms with Gasteiger partial charge >= 0.3 is 6.01 Å². The minimum atomic E-state index is -0.721. The third-order valence-electron chi connectivity index (χ3n) is 2.17. The lowest BCUT2D eigenvalue weighted by molar-refractivity contribution is 0.483. The Bertz CT molecular complexity index is 530. The van der Waals surface area contributed by atoms with Crippen molar-refractivity contribution >= 4 is 11.7 Å². The summed E-state index contributed by atoms with van der Waals surface area (Å²) in [7, 11) is 0. The topological polar surface area (TPSA) is 63.0 Å². The first-order chi connectivity index (χ1) is 8.69. The van der Waals surface area contributed by atoms with Crippen molar-refractivity contribution in [2.45, 2.75) is 13.5 Å². The third kappa shape index (κ3) is 3.01. The summed E-state index contributed by atoms with van der Waals surface area (Å²) >= 11 is 0. The molecule has 18 heavy (non-hydrogen) atoms. The van der Waals surface area contributed by atoms with Crippen molar-refractivity contribution in [1.29, 1.82) is 0 Å². The fraction of sp³-hybridized carbons (Fsp3) is 0.273. The van der Waals surface area contributed by atoms with Crippen LogP contribution in [0.5, 0.6) is 0 Å². The molecule has 0 saturated heterocycles. The molecule has 1 aromatic heterocycles. The highest BCUT2D eigenvalue weighted by Gasteiger charge is 2.09. The first-order valence-electron chi connectivity index (χ1n) is 5.44. The first kappa shape index (κ1) is 12.4. The lowest BCUT2D eigenvalue weighted by atomic mass is 10.3. The number of anilines is 2. The molecule has 1 aromatic carbocycles. The summed E-state index contributed by atoms with van der Waals surface area (Å²) in [4.78, 5) is 0. The zero-order chi connectivity index (χ0) is 13.0. The Morgan fingerprint density at radius 3 is 2.83 bits per heavy atom. The van der Waals surface area contributed by atoms with E-state index in [0.717, 1.165) is 18.7 Å². The molecule has 5 nitrogen and oxygen atoms in total. The van der Waals surface area contributed by atoms with Gasteiger partial charge in [0.05, 0.1) is 12.2 Å². The Hall–Kier alpha value is -2.02. The molecular formula is C11H12F2N4O. The Balaban J connectivity index is 2.06. The number of hydrogen-bond acceptors (Lipinski definition) is 5. The lowest BCUT2D eigenvalue weighted by Crippen LogP contribution is -2.11. The molecule has 7 heteroatoms. The summed E-state index contributed by atoms with van der Waals surface area (Å²) in [5, 5.41) is 13.1. The second-order valence-corrected chi connectivity index (χ2v) is 3.53. The van der Waals surface area contributed by atoms with Crippen molar-refractivity contribution in [2.24, 2.45) is 0 Å². The molecule has 0 amide bonds. The molecule has 0 aliphatic heterocycles. The Labute approximate surface area is 102 Å². The number of hydrogen-bond donors (Lipinski definition) is 2. The molecule has 0 aliphatic rings. The Morgan fingerprint density at radius 2 is 2.11 bits per heavy atom. The second kappa shape index (κ2) is 5.54. The number of nitrogens with zero attached hydrogens (tertiary/aromatic N) is 2. The van der Waals surface area contributed by atoms with Crippen LogP contribution in [-0.4, -0.2) is 16.7 Å². The van der Waals surface area contributed by atoms with Crippen LogP contribution in [0, 0.1) is 11.6 Å². The molecule has 96 valence electrons. The van der Waals surface area contributed by atoms with Crippen molar-refractivity contribution in [2.75, 3.05) is 11.9 Å². The largest absolute Gasteiger partial charge is 0.406 e. The van der Waals surface area contributed by atoms with E-state index in [1.54, 1.807) is 0 Å². The van der Waals surface area contributed by atoms with Gasteiger partial charge < -0.3 is 15.1 Å². The van der Waals surface area contributed by atoms with Gasteiger partial charge in [0.25, 0.3) is 0 Å². The van der Waals surface area contributed by atoms with E-state index in [-0.39, 0.29) is 11.7 Å². The van der Waals surface area contributed by atoms with Crippen molar-refractivity contribution in [3.63, 3.8) is 0 Å². The zero-order valence-corrected chi connectivity index (χ0v) is 9.70. The molecule has 0 bridgehead atoms. The summed E-state index contributed by atoms with van der Waals surface area (Å²) in [6.07, 6.45) is 0. The van der Waals surface area contributed by atoms with Gasteiger partial charge in [-0.3, -0.25) is 0 Å². The quantitative estimate of drug-likeness (QED) is 0.856. The summed E-state index contributed by atoms with van der Waals surface area (Å²) in [6.45, 7) is 3.16. The fourth-order valence-electron chi connectivity index (χ4n) is 1.31. The van der Waals surface area contributed by atoms with E-state index in [2.05, 4.69) is 20.8 Å². The molecule has 0 spiro atoms. The number of rotatable bonds is 5. The monoisotopic (exact) mass is 254 g/mol. The maximum Gasteiger partial charge on any atom is 0.320 e. The molecule has 2 rings (SSSR count). The third-order valence-corrected chi connectivity index (χ3v) is 2.17. The minimum Gasteiger partial charge on any atom is -0.406 e. The van der Waals surface area contributed by atoms with Crippen LogP contribution in [0.4, 0.5) is 20.5 Å². The highest BCUT2D eigenvalue weighted by Crippen LogP contribution is 2.19. The summed E-state index contributed by atoms with van der Waals surface area (Å²) in [6, 6.07) is 3.24. The van der Waals surface area contributed by atoms with Crippen molar-refractivity contribution < 1.29 is 13.2 Å². The molecule has 2 N–H and O–H groups in total. The van der Waals surface area contributed by atoms with Gasteiger partial charge in [0, 0.05) is 6.07 Å². The number of benzene rings is 1. The molecule has 1 heterocycles. The highest BCUT2D eigenvalue weighted by atomic mass is 19.1. The van der Waals surface area contributed by atoms with Crippen LogP contribution >= 0.6 is 0 Å². The minimum absolute atomic E-state index is 0.0633. The number of halogens is 2. The van der Waals surface area contributed by atoms with E-state index < -0.39 is 11.6 Å². The Morgan fingerprint density at radius 1 is 1.28 bits per heavy atom. The van der Waals surface area contributed by atoms with Gasteiger partial charge in [-0.1, -0.05) is 12.0 Å². The molecule has 0 unspecified atom stereocenters. The van der Waals surface area contributed by atoms with Crippen LogP contribution < -0.4 is 10.6 Å². The van der Waals surface area contributed by atoms with Gasteiger partial charge in [-0.05, 0) is 18.7 Å². The van der Waals surface area contributed by atoms with Gasteiger partial charge in [-0.2, -0.15) is 0 Å². The highest BCUT2D eigenvalue weighted by molar-refractivity contribution is 5.52.